The van der Waals surface area contributed by atoms with Gasteiger partial charge in [0.1, 0.15) is 0 Å². The van der Waals surface area contributed by atoms with Crippen LogP contribution in [0.15, 0.2) is 48.5 Å². The molecule has 5 heteroatoms. The maximum Gasteiger partial charge on any atom is 0.416 e. The number of hydrogen-bond acceptors (Lipinski definition) is 1. The first kappa shape index (κ1) is 14.1. The zero-order valence-corrected chi connectivity index (χ0v) is 10.7. The van der Waals surface area contributed by atoms with Gasteiger partial charge < -0.3 is 5.21 Å². The first-order chi connectivity index (χ1) is 9.38. The number of aryl methyl sites for hydroxylation is 1. The molecule has 20 heavy (non-hydrogen) atoms. The lowest BCUT2D eigenvalue weighted by molar-refractivity contribution is -0.354. The first-order valence-corrected chi connectivity index (χ1v) is 5.92. The molecule has 0 bridgehead atoms. The average Bonchev–Trinajstić information content (AvgIpc) is 2.39. The Morgan fingerprint density at radius 3 is 2.30 bits per heavy atom. The van der Waals surface area contributed by atoms with Crippen molar-refractivity contribution in [2.24, 2.45) is 0 Å². The van der Waals surface area contributed by atoms with Crippen molar-refractivity contribution in [1.82, 2.24) is 0 Å². The minimum absolute atomic E-state index is 0.0493. The minimum Gasteiger partial charge on any atom is -0.618 e. The molecule has 0 amide bonds. The van der Waals surface area contributed by atoms with Gasteiger partial charge >= 0.3 is 6.18 Å². The normalized spacial score (nSPS) is 12.5. The summed E-state index contributed by atoms with van der Waals surface area (Å²) >= 11 is 0. The summed E-state index contributed by atoms with van der Waals surface area (Å²) < 4.78 is 38.8. The van der Waals surface area contributed by atoms with Crippen LogP contribution in [-0.2, 0) is 6.18 Å². The third-order valence-electron chi connectivity index (χ3n) is 2.85. The molecule has 0 N–H and O–H groups in total. The van der Waals surface area contributed by atoms with Gasteiger partial charge in [0.05, 0.1) is 5.56 Å². The van der Waals surface area contributed by atoms with E-state index in [4.69, 9.17) is 0 Å². The highest BCUT2D eigenvalue weighted by Gasteiger charge is 2.33. The van der Waals surface area contributed by atoms with Crippen molar-refractivity contribution in [3.63, 3.8) is 0 Å². The van der Waals surface area contributed by atoms with Crippen LogP contribution >= 0.6 is 0 Å². The molecule has 2 nitrogen and oxygen atoms in total. The van der Waals surface area contributed by atoms with E-state index in [2.05, 4.69) is 0 Å². The van der Waals surface area contributed by atoms with Crippen molar-refractivity contribution in [3.8, 4) is 0 Å². The Morgan fingerprint density at radius 2 is 1.70 bits per heavy atom. The van der Waals surface area contributed by atoms with Crippen LogP contribution in [-0.4, -0.2) is 11.0 Å². The van der Waals surface area contributed by atoms with E-state index in [1.54, 1.807) is 30.3 Å². The Balaban J connectivity index is 2.41. The molecule has 104 valence electrons. The summed E-state index contributed by atoms with van der Waals surface area (Å²) in [6, 6.07) is 12.2. The molecule has 0 aliphatic heterocycles. The Hall–Kier alpha value is -2.30. The molecule has 0 fully saturated rings. The third-order valence-corrected chi connectivity index (χ3v) is 2.85. The van der Waals surface area contributed by atoms with Gasteiger partial charge in [-0.25, -0.2) is 0 Å². The van der Waals surface area contributed by atoms with Crippen LogP contribution in [0.5, 0.6) is 0 Å². The van der Waals surface area contributed by atoms with E-state index in [1.807, 2.05) is 0 Å². The monoisotopic (exact) mass is 279 g/mol. The second-order valence-electron chi connectivity index (χ2n) is 4.36. The van der Waals surface area contributed by atoms with Crippen molar-refractivity contribution in [1.29, 1.82) is 0 Å². The topological polar surface area (TPSA) is 26.1 Å². The maximum absolute atomic E-state index is 12.8. The van der Waals surface area contributed by atoms with Crippen molar-refractivity contribution < 1.29 is 17.9 Å². The largest absolute Gasteiger partial charge is 0.618 e. The number of halogens is 3. The lowest BCUT2D eigenvalue weighted by Gasteiger charge is -2.11. The van der Waals surface area contributed by atoms with Gasteiger partial charge in [0.15, 0.2) is 6.21 Å². The van der Waals surface area contributed by atoms with Gasteiger partial charge in [0.2, 0.25) is 5.69 Å². The van der Waals surface area contributed by atoms with Crippen LogP contribution in [0, 0.1) is 12.1 Å². The van der Waals surface area contributed by atoms with Crippen molar-refractivity contribution in [2.45, 2.75) is 13.1 Å². The van der Waals surface area contributed by atoms with Crippen molar-refractivity contribution in [3.05, 3.63) is 70.4 Å². The number of benzene rings is 2. The minimum atomic E-state index is -4.46. The van der Waals surface area contributed by atoms with E-state index < -0.39 is 11.7 Å². The number of nitrogens with zero attached hydrogens (tertiary/aromatic N) is 1. The van der Waals surface area contributed by atoms with Gasteiger partial charge in [-0.3, -0.25) is 0 Å². The van der Waals surface area contributed by atoms with Gasteiger partial charge in [0, 0.05) is 17.7 Å². The van der Waals surface area contributed by atoms with Gasteiger partial charge in [-0.05, 0) is 24.6 Å². The predicted octanol–water partition coefficient (Wildman–Crippen LogP) is 4.27. The third kappa shape index (κ3) is 3.17. The number of hydrogen-bond donors (Lipinski definition) is 0. The molecule has 2 aromatic carbocycles. The molecule has 0 heterocycles. The quantitative estimate of drug-likeness (QED) is 0.349. The Morgan fingerprint density at radius 1 is 1.05 bits per heavy atom. The SMILES string of the molecule is Cc1ccc([N+]([O-])=Cc2ccccc2)cc1C(F)(F)F. The molecular weight excluding hydrogens is 267 g/mol. The summed E-state index contributed by atoms with van der Waals surface area (Å²) in [6.45, 7) is 1.36. The fourth-order valence-electron chi connectivity index (χ4n) is 1.80. The summed E-state index contributed by atoms with van der Waals surface area (Å²) in [6.07, 6.45) is -3.22. The Kier molecular flexibility index (Phi) is 3.79. The Labute approximate surface area is 114 Å². The molecule has 0 radical (unpaired) electrons. The predicted molar refractivity (Wildman–Crippen MR) is 71.1 cm³/mol. The second-order valence-corrected chi connectivity index (χ2v) is 4.36. The first-order valence-electron chi connectivity index (χ1n) is 5.92. The van der Waals surface area contributed by atoms with E-state index in [0.717, 1.165) is 6.07 Å². The van der Waals surface area contributed by atoms with Crippen LogP contribution in [0.25, 0.3) is 0 Å². The highest BCUT2D eigenvalue weighted by atomic mass is 19.4. The van der Waals surface area contributed by atoms with Gasteiger partial charge in [-0.2, -0.15) is 17.9 Å². The van der Waals surface area contributed by atoms with E-state index >= 15 is 0 Å². The molecular formula is C15H12F3NO. The van der Waals surface area contributed by atoms with E-state index in [0.29, 0.717) is 10.3 Å². The highest BCUT2D eigenvalue weighted by Crippen LogP contribution is 2.33. The van der Waals surface area contributed by atoms with Gasteiger partial charge in [-0.1, -0.05) is 24.3 Å². The van der Waals surface area contributed by atoms with Crippen LogP contribution in [0.3, 0.4) is 0 Å². The molecule has 0 saturated heterocycles. The summed E-state index contributed by atoms with van der Waals surface area (Å²) in [5, 5.41) is 11.9. The molecule has 0 aliphatic carbocycles. The number of alkyl halides is 3. The molecule has 0 aromatic heterocycles. The lowest BCUT2D eigenvalue weighted by atomic mass is 10.1. The molecule has 0 saturated carbocycles. The summed E-state index contributed by atoms with van der Waals surface area (Å²) in [7, 11) is 0. The molecule has 2 aromatic rings. The van der Waals surface area contributed by atoms with Crippen LogP contribution < -0.4 is 0 Å². The Bertz CT molecular complexity index is 633. The summed E-state index contributed by atoms with van der Waals surface area (Å²) in [4.78, 5) is 0. The zero-order valence-electron chi connectivity index (χ0n) is 10.7. The summed E-state index contributed by atoms with van der Waals surface area (Å²) in [5.41, 5.74) is -0.130. The molecule has 0 aliphatic rings. The standard InChI is InChI=1S/C15H12F3NO/c1-11-7-8-13(9-14(11)15(16,17)18)19(20)10-12-5-3-2-4-6-12/h2-10H,1H3. The van der Waals surface area contributed by atoms with Crippen LogP contribution in [0.4, 0.5) is 18.9 Å². The maximum atomic E-state index is 12.8. The van der Waals surface area contributed by atoms with Gasteiger partial charge in [-0.15, -0.1) is 0 Å². The smallest absolute Gasteiger partial charge is 0.416 e. The molecule has 0 spiro atoms. The van der Waals surface area contributed by atoms with E-state index in [-0.39, 0.29) is 11.3 Å². The van der Waals surface area contributed by atoms with E-state index in [9.17, 15) is 18.4 Å². The average molecular weight is 279 g/mol. The van der Waals surface area contributed by atoms with Crippen LogP contribution in [0.1, 0.15) is 16.7 Å². The van der Waals surface area contributed by atoms with Crippen molar-refractivity contribution >= 4 is 11.9 Å². The lowest BCUT2D eigenvalue weighted by Crippen LogP contribution is -2.08. The molecule has 2 rings (SSSR count). The van der Waals surface area contributed by atoms with Crippen LogP contribution in [0.2, 0.25) is 0 Å². The molecule has 0 unspecified atom stereocenters. The van der Waals surface area contributed by atoms with Gasteiger partial charge in [0.25, 0.3) is 0 Å². The van der Waals surface area contributed by atoms with E-state index in [1.165, 1.54) is 25.3 Å². The van der Waals surface area contributed by atoms with Crippen molar-refractivity contribution in [2.75, 3.05) is 0 Å². The molecule has 0 atom stereocenters. The zero-order chi connectivity index (χ0) is 14.8. The number of rotatable bonds is 2. The highest BCUT2D eigenvalue weighted by molar-refractivity contribution is 5.76. The second kappa shape index (κ2) is 5.36. The summed E-state index contributed by atoms with van der Waals surface area (Å²) in [5.74, 6) is 0. The fourth-order valence-corrected chi connectivity index (χ4v) is 1.80. The fraction of sp³-hybridized carbons (Fsp3) is 0.133.